The SMILES string of the molecule is C[Si](C)(C)OC1C[C@@H](C=O)[C@@H](CC[C@H](CCc2ccccc2)Oc2cccc3ccccc23)C1[N+](=O)[O-]. The van der Waals surface area contributed by atoms with Gasteiger partial charge in [-0.3, -0.25) is 10.1 Å². The highest BCUT2D eigenvalue weighted by atomic mass is 28.4. The first-order valence-electron chi connectivity index (χ1n) is 13.2. The van der Waals surface area contributed by atoms with E-state index in [1.54, 1.807) is 0 Å². The summed E-state index contributed by atoms with van der Waals surface area (Å²) in [5.41, 5.74) is 1.23. The quantitative estimate of drug-likeness (QED) is 0.115. The number of hydrogen-bond acceptors (Lipinski definition) is 5. The minimum atomic E-state index is -2.00. The van der Waals surface area contributed by atoms with Crippen LogP contribution in [-0.4, -0.2) is 37.8 Å². The van der Waals surface area contributed by atoms with Crippen LogP contribution >= 0.6 is 0 Å². The fourth-order valence-corrected chi connectivity index (χ4v) is 6.75. The van der Waals surface area contributed by atoms with Gasteiger partial charge in [-0.05, 0) is 68.8 Å². The van der Waals surface area contributed by atoms with E-state index < -0.39 is 20.5 Å². The number of carbonyl (C=O) groups excluding carboxylic acids is 1. The predicted octanol–water partition coefficient (Wildman–Crippen LogP) is 6.70. The van der Waals surface area contributed by atoms with Crippen LogP contribution in [0.4, 0.5) is 0 Å². The van der Waals surface area contributed by atoms with Crippen molar-refractivity contribution in [3.05, 3.63) is 88.5 Å². The molecule has 2 unspecified atom stereocenters. The Labute approximate surface area is 220 Å². The third-order valence-electron chi connectivity index (χ3n) is 7.26. The molecule has 3 aromatic rings. The Bertz CT molecular complexity index is 1190. The summed E-state index contributed by atoms with van der Waals surface area (Å²) in [5.74, 6) is 0.0913. The van der Waals surface area contributed by atoms with E-state index in [1.165, 1.54) is 5.56 Å². The van der Waals surface area contributed by atoms with Crippen LogP contribution in [0.25, 0.3) is 10.8 Å². The molecule has 196 valence electrons. The maximum absolute atomic E-state index is 12.2. The maximum atomic E-state index is 12.2. The Balaban J connectivity index is 1.54. The zero-order valence-corrected chi connectivity index (χ0v) is 22.9. The predicted molar refractivity (Wildman–Crippen MR) is 149 cm³/mol. The van der Waals surface area contributed by atoms with Crippen molar-refractivity contribution in [3.8, 4) is 5.75 Å². The van der Waals surface area contributed by atoms with Crippen LogP contribution < -0.4 is 4.74 Å². The summed E-state index contributed by atoms with van der Waals surface area (Å²) in [7, 11) is -2.00. The number of aryl methyl sites for hydroxylation is 1. The number of ether oxygens (including phenoxy) is 1. The molecule has 4 rings (SSSR count). The highest BCUT2D eigenvalue weighted by Crippen LogP contribution is 2.40. The molecule has 7 heteroatoms. The number of hydrogen-bond donors (Lipinski definition) is 0. The molecule has 0 heterocycles. The Morgan fingerprint density at radius 2 is 1.70 bits per heavy atom. The summed E-state index contributed by atoms with van der Waals surface area (Å²) in [6, 6.07) is 23.6. The van der Waals surface area contributed by atoms with Crippen molar-refractivity contribution < 1.29 is 18.9 Å². The van der Waals surface area contributed by atoms with Gasteiger partial charge in [0.25, 0.3) is 0 Å². The van der Waals surface area contributed by atoms with E-state index in [0.717, 1.165) is 35.6 Å². The average Bonchev–Trinajstić information content (AvgIpc) is 3.22. The highest BCUT2D eigenvalue weighted by molar-refractivity contribution is 6.69. The van der Waals surface area contributed by atoms with Crippen LogP contribution in [0.2, 0.25) is 19.6 Å². The molecule has 0 amide bonds. The molecular weight excluding hydrogens is 482 g/mol. The van der Waals surface area contributed by atoms with Gasteiger partial charge in [0.1, 0.15) is 18.1 Å². The maximum Gasteiger partial charge on any atom is 0.241 e. The summed E-state index contributed by atoms with van der Waals surface area (Å²) in [4.78, 5) is 23.9. The van der Waals surface area contributed by atoms with Crippen LogP contribution in [0.1, 0.15) is 31.2 Å². The molecule has 1 aliphatic carbocycles. The lowest BCUT2D eigenvalue weighted by Gasteiger charge is -2.26. The lowest BCUT2D eigenvalue weighted by atomic mass is 9.88. The number of aldehydes is 1. The number of nitrogens with zero attached hydrogens (tertiary/aromatic N) is 1. The molecule has 1 aliphatic rings. The second-order valence-electron chi connectivity index (χ2n) is 11.1. The van der Waals surface area contributed by atoms with Crippen molar-refractivity contribution in [3.63, 3.8) is 0 Å². The number of carbonyl (C=O) groups is 1. The van der Waals surface area contributed by atoms with E-state index in [0.29, 0.717) is 19.3 Å². The molecule has 1 saturated carbocycles. The number of benzene rings is 3. The molecule has 6 nitrogen and oxygen atoms in total. The third-order valence-corrected chi connectivity index (χ3v) is 8.27. The Morgan fingerprint density at radius 1 is 1.00 bits per heavy atom. The van der Waals surface area contributed by atoms with E-state index in [4.69, 9.17) is 9.16 Å². The molecule has 37 heavy (non-hydrogen) atoms. The van der Waals surface area contributed by atoms with E-state index in [-0.39, 0.29) is 22.9 Å². The molecule has 0 N–H and O–H groups in total. The molecule has 0 aromatic heterocycles. The first-order chi connectivity index (χ1) is 17.7. The normalized spacial score (nSPS) is 22.6. The van der Waals surface area contributed by atoms with Crippen molar-refractivity contribution in [2.75, 3.05) is 0 Å². The zero-order valence-electron chi connectivity index (χ0n) is 21.9. The first-order valence-corrected chi connectivity index (χ1v) is 16.6. The van der Waals surface area contributed by atoms with Gasteiger partial charge in [-0.1, -0.05) is 66.7 Å². The largest absolute Gasteiger partial charge is 0.490 e. The number of rotatable bonds is 12. The monoisotopic (exact) mass is 519 g/mol. The average molecular weight is 520 g/mol. The van der Waals surface area contributed by atoms with Gasteiger partial charge in [-0.25, -0.2) is 0 Å². The Morgan fingerprint density at radius 3 is 2.41 bits per heavy atom. The molecule has 3 aromatic carbocycles. The molecule has 0 aliphatic heterocycles. The third kappa shape index (κ3) is 7.05. The van der Waals surface area contributed by atoms with Crippen LogP contribution in [0.5, 0.6) is 5.75 Å². The van der Waals surface area contributed by atoms with Gasteiger partial charge < -0.3 is 14.0 Å². The lowest BCUT2D eigenvalue weighted by Crippen LogP contribution is -2.42. The Hall–Kier alpha value is -3.03. The zero-order chi connectivity index (χ0) is 26.4. The summed E-state index contributed by atoms with van der Waals surface area (Å²) in [5, 5.41) is 14.3. The van der Waals surface area contributed by atoms with Crippen LogP contribution in [-0.2, 0) is 15.6 Å². The van der Waals surface area contributed by atoms with Gasteiger partial charge in [0.2, 0.25) is 6.04 Å². The number of nitro groups is 1. The van der Waals surface area contributed by atoms with Gasteiger partial charge >= 0.3 is 0 Å². The topological polar surface area (TPSA) is 78.7 Å². The smallest absolute Gasteiger partial charge is 0.241 e. The minimum absolute atomic E-state index is 0.136. The van der Waals surface area contributed by atoms with Crippen molar-refractivity contribution in [2.24, 2.45) is 11.8 Å². The van der Waals surface area contributed by atoms with Gasteiger partial charge in [-0.2, -0.15) is 0 Å². The second kappa shape index (κ2) is 12.0. The summed E-state index contributed by atoms with van der Waals surface area (Å²) < 4.78 is 12.8. The molecule has 0 radical (unpaired) electrons. The van der Waals surface area contributed by atoms with Crippen molar-refractivity contribution in [1.29, 1.82) is 0 Å². The van der Waals surface area contributed by atoms with Crippen molar-refractivity contribution >= 4 is 25.4 Å². The lowest BCUT2D eigenvalue weighted by molar-refractivity contribution is -0.538. The van der Waals surface area contributed by atoms with E-state index in [9.17, 15) is 14.9 Å². The van der Waals surface area contributed by atoms with Crippen LogP contribution in [0.15, 0.2) is 72.8 Å². The minimum Gasteiger partial charge on any atom is -0.490 e. The van der Waals surface area contributed by atoms with Crippen molar-refractivity contribution in [1.82, 2.24) is 0 Å². The van der Waals surface area contributed by atoms with Crippen LogP contribution in [0.3, 0.4) is 0 Å². The summed E-state index contributed by atoms with van der Waals surface area (Å²) >= 11 is 0. The second-order valence-corrected chi connectivity index (χ2v) is 15.5. The Kier molecular flexibility index (Phi) is 8.77. The first kappa shape index (κ1) is 27.0. The van der Waals surface area contributed by atoms with Crippen molar-refractivity contribution in [2.45, 2.75) is 70.0 Å². The van der Waals surface area contributed by atoms with Gasteiger partial charge in [-0.15, -0.1) is 0 Å². The number of fused-ring (bicyclic) bond motifs is 1. The summed E-state index contributed by atoms with van der Waals surface area (Å²) in [6.45, 7) is 6.10. The molecule has 0 spiro atoms. The summed E-state index contributed by atoms with van der Waals surface area (Å²) in [6.07, 6.45) is 3.48. The van der Waals surface area contributed by atoms with Gasteiger partial charge in [0, 0.05) is 22.1 Å². The molecule has 5 atom stereocenters. The molecule has 1 fully saturated rings. The molecule has 0 bridgehead atoms. The van der Waals surface area contributed by atoms with Gasteiger partial charge in [0.05, 0.1) is 6.10 Å². The van der Waals surface area contributed by atoms with Crippen LogP contribution in [0, 0.1) is 22.0 Å². The standard InChI is InChI=1S/C30H37NO5Si/c1-37(2,3)36-29-20-24(21-32)27(30(29)31(33)34)19-18-25(17-16-22-10-5-4-6-11-22)35-28-15-9-13-23-12-7-8-14-26(23)28/h4-15,21,24-25,27,29-30H,16-20H2,1-3H3/t24-,25-,27+,29?,30?/m0/s1. The molecular formula is C30H37NO5Si. The van der Waals surface area contributed by atoms with Gasteiger partial charge in [0.15, 0.2) is 8.32 Å². The van der Waals surface area contributed by atoms with E-state index in [2.05, 4.69) is 30.3 Å². The fraction of sp³-hybridized carbons (Fsp3) is 0.433. The van der Waals surface area contributed by atoms with E-state index >= 15 is 0 Å². The van der Waals surface area contributed by atoms with E-state index in [1.807, 2.05) is 62.1 Å². The molecule has 0 saturated heterocycles. The highest BCUT2D eigenvalue weighted by Gasteiger charge is 2.52. The fourth-order valence-electron chi connectivity index (χ4n) is 5.61.